The number of carbonyl (C=O) groups is 2. The van der Waals surface area contributed by atoms with Gasteiger partial charge in [-0.1, -0.05) is 42.5 Å². The van der Waals surface area contributed by atoms with E-state index in [0.717, 1.165) is 7.11 Å². The standard InChI is InChI=1S/C23H25NO7/c1-23(27)17(13-25)18(15-9-11-16(30-2)12-10-15)21(24(28)29)19(20(23)22(26)31-3)14-7-5-4-6-8-14/h4-13,17-21,27H,1-3H3/t17-,18-,19+,20-,21-,23-/m1/s1. The van der Waals surface area contributed by atoms with Gasteiger partial charge in [0, 0.05) is 4.92 Å². The highest BCUT2D eigenvalue weighted by Crippen LogP contribution is 2.53. The molecule has 0 radical (unpaired) electrons. The Hall–Kier alpha value is -3.26. The molecule has 0 spiro atoms. The van der Waals surface area contributed by atoms with Crippen LogP contribution in [0.3, 0.4) is 0 Å². The number of benzene rings is 2. The normalized spacial score (nSPS) is 30.3. The van der Waals surface area contributed by atoms with Crippen molar-refractivity contribution in [1.29, 1.82) is 0 Å². The average molecular weight is 427 g/mol. The molecule has 8 nitrogen and oxygen atoms in total. The topological polar surface area (TPSA) is 116 Å². The number of aliphatic hydroxyl groups is 1. The van der Waals surface area contributed by atoms with E-state index in [4.69, 9.17) is 9.47 Å². The highest BCUT2D eigenvalue weighted by atomic mass is 16.6. The Labute approximate surface area is 179 Å². The van der Waals surface area contributed by atoms with Crippen LogP contribution >= 0.6 is 0 Å². The summed E-state index contributed by atoms with van der Waals surface area (Å²) in [6.07, 6.45) is 0.503. The number of aldehydes is 1. The van der Waals surface area contributed by atoms with Gasteiger partial charge in [-0.2, -0.15) is 0 Å². The zero-order valence-corrected chi connectivity index (χ0v) is 17.5. The third-order valence-electron chi connectivity index (χ3n) is 6.32. The molecule has 6 atom stereocenters. The van der Waals surface area contributed by atoms with Crippen molar-refractivity contribution in [2.75, 3.05) is 14.2 Å². The van der Waals surface area contributed by atoms with E-state index in [1.54, 1.807) is 54.6 Å². The van der Waals surface area contributed by atoms with Crippen molar-refractivity contribution >= 4 is 12.3 Å². The zero-order chi connectivity index (χ0) is 22.8. The maximum absolute atomic E-state index is 12.8. The molecule has 1 aliphatic rings. The van der Waals surface area contributed by atoms with Gasteiger partial charge in [-0.15, -0.1) is 0 Å². The second-order valence-corrected chi connectivity index (χ2v) is 7.90. The van der Waals surface area contributed by atoms with Crippen molar-refractivity contribution in [3.05, 3.63) is 75.8 Å². The smallest absolute Gasteiger partial charge is 0.312 e. The summed E-state index contributed by atoms with van der Waals surface area (Å²) in [7, 11) is 2.66. The predicted molar refractivity (Wildman–Crippen MR) is 111 cm³/mol. The van der Waals surface area contributed by atoms with Crippen molar-refractivity contribution in [1.82, 2.24) is 0 Å². The highest BCUT2D eigenvalue weighted by molar-refractivity contribution is 5.77. The van der Waals surface area contributed by atoms with E-state index < -0.39 is 46.2 Å². The highest BCUT2D eigenvalue weighted by Gasteiger charge is 2.64. The van der Waals surface area contributed by atoms with Gasteiger partial charge in [0.1, 0.15) is 12.0 Å². The molecule has 0 aromatic heterocycles. The third-order valence-corrected chi connectivity index (χ3v) is 6.32. The molecular formula is C23H25NO7. The lowest BCUT2D eigenvalue weighted by atomic mass is 9.55. The summed E-state index contributed by atoms with van der Waals surface area (Å²) in [5.74, 6) is -4.74. The summed E-state index contributed by atoms with van der Waals surface area (Å²) in [6, 6.07) is 13.8. The molecule has 0 heterocycles. The number of rotatable bonds is 6. The van der Waals surface area contributed by atoms with Crippen molar-refractivity contribution in [3.63, 3.8) is 0 Å². The minimum Gasteiger partial charge on any atom is -0.497 e. The molecule has 0 amide bonds. The van der Waals surface area contributed by atoms with Crippen LogP contribution in [0.1, 0.15) is 29.9 Å². The van der Waals surface area contributed by atoms with Crippen LogP contribution in [0.4, 0.5) is 0 Å². The van der Waals surface area contributed by atoms with Gasteiger partial charge in [-0.25, -0.2) is 0 Å². The molecule has 0 bridgehead atoms. The maximum atomic E-state index is 12.8. The Balaban J connectivity index is 2.28. The molecule has 0 saturated heterocycles. The van der Waals surface area contributed by atoms with Gasteiger partial charge < -0.3 is 19.4 Å². The van der Waals surface area contributed by atoms with E-state index in [1.807, 2.05) is 0 Å². The molecule has 2 aromatic carbocycles. The summed E-state index contributed by atoms with van der Waals surface area (Å²) in [4.78, 5) is 36.9. The first-order valence-electron chi connectivity index (χ1n) is 9.85. The first-order valence-corrected chi connectivity index (χ1v) is 9.85. The molecular weight excluding hydrogens is 402 g/mol. The summed E-state index contributed by atoms with van der Waals surface area (Å²) in [5.41, 5.74) is -0.862. The predicted octanol–water partition coefficient (Wildman–Crippen LogP) is 2.58. The number of methoxy groups -OCH3 is 2. The molecule has 3 rings (SSSR count). The second-order valence-electron chi connectivity index (χ2n) is 7.90. The van der Waals surface area contributed by atoms with Gasteiger partial charge in [0.2, 0.25) is 6.04 Å². The van der Waals surface area contributed by atoms with E-state index >= 15 is 0 Å². The molecule has 8 heteroatoms. The van der Waals surface area contributed by atoms with Crippen LogP contribution in [-0.2, 0) is 14.3 Å². The molecule has 2 aromatic rings. The molecule has 31 heavy (non-hydrogen) atoms. The summed E-state index contributed by atoms with van der Waals surface area (Å²) < 4.78 is 10.1. The molecule has 1 aliphatic carbocycles. The van der Waals surface area contributed by atoms with E-state index in [1.165, 1.54) is 14.0 Å². The summed E-state index contributed by atoms with van der Waals surface area (Å²) in [5, 5.41) is 23.9. The van der Waals surface area contributed by atoms with Gasteiger partial charge in [0.15, 0.2) is 0 Å². The SMILES string of the molecule is COC(=O)[C@H]1[C@H](c2ccccc2)[C@H]([N+](=O)[O-])[C@H](c2ccc(OC)cc2)[C@@H](C=O)[C@@]1(C)O. The van der Waals surface area contributed by atoms with E-state index in [0.29, 0.717) is 23.2 Å². The van der Waals surface area contributed by atoms with Crippen LogP contribution in [0.25, 0.3) is 0 Å². The number of carbonyl (C=O) groups excluding carboxylic acids is 2. The van der Waals surface area contributed by atoms with Crippen LogP contribution in [0.5, 0.6) is 5.75 Å². The van der Waals surface area contributed by atoms with Crippen LogP contribution in [0.15, 0.2) is 54.6 Å². The van der Waals surface area contributed by atoms with Crippen LogP contribution in [0, 0.1) is 22.0 Å². The molecule has 0 unspecified atom stereocenters. The number of ether oxygens (including phenoxy) is 2. The maximum Gasteiger partial charge on any atom is 0.312 e. The van der Waals surface area contributed by atoms with Crippen LogP contribution in [-0.4, -0.2) is 48.1 Å². The zero-order valence-electron chi connectivity index (χ0n) is 17.5. The second kappa shape index (κ2) is 8.85. The Kier molecular flexibility index (Phi) is 6.40. The monoisotopic (exact) mass is 427 g/mol. The number of hydrogen-bond donors (Lipinski definition) is 1. The minimum absolute atomic E-state index is 0.464. The lowest BCUT2D eigenvalue weighted by Crippen LogP contribution is -2.61. The fourth-order valence-corrected chi connectivity index (χ4v) is 4.86. The first kappa shape index (κ1) is 22.4. The summed E-state index contributed by atoms with van der Waals surface area (Å²) in [6.45, 7) is 1.37. The number of nitrogens with zero attached hydrogens (tertiary/aromatic N) is 1. The minimum atomic E-state index is -1.88. The van der Waals surface area contributed by atoms with Gasteiger partial charge in [0.25, 0.3) is 0 Å². The van der Waals surface area contributed by atoms with Crippen LogP contribution in [0.2, 0.25) is 0 Å². The quantitative estimate of drug-likeness (QED) is 0.326. The lowest BCUT2D eigenvalue weighted by Gasteiger charge is -2.49. The van der Waals surface area contributed by atoms with Crippen molar-refractivity contribution in [3.8, 4) is 5.75 Å². The number of esters is 1. The molecule has 0 aliphatic heterocycles. The summed E-state index contributed by atoms with van der Waals surface area (Å²) >= 11 is 0. The molecule has 1 fully saturated rings. The molecule has 1 saturated carbocycles. The Morgan fingerprint density at radius 2 is 1.65 bits per heavy atom. The fraction of sp³-hybridized carbons (Fsp3) is 0.391. The van der Waals surface area contributed by atoms with Crippen molar-refractivity contribution in [2.24, 2.45) is 11.8 Å². The van der Waals surface area contributed by atoms with Crippen LogP contribution < -0.4 is 4.74 Å². The van der Waals surface area contributed by atoms with Crippen molar-refractivity contribution in [2.45, 2.75) is 30.4 Å². The van der Waals surface area contributed by atoms with Gasteiger partial charge in [-0.3, -0.25) is 14.9 Å². The largest absolute Gasteiger partial charge is 0.497 e. The average Bonchev–Trinajstić information content (AvgIpc) is 2.77. The number of hydrogen-bond acceptors (Lipinski definition) is 7. The lowest BCUT2D eigenvalue weighted by molar-refractivity contribution is -0.539. The van der Waals surface area contributed by atoms with E-state index in [2.05, 4.69) is 0 Å². The molecule has 164 valence electrons. The van der Waals surface area contributed by atoms with E-state index in [9.17, 15) is 24.8 Å². The fourth-order valence-electron chi connectivity index (χ4n) is 4.86. The van der Waals surface area contributed by atoms with Crippen molar-refractivity contribution < 1.29 is 29.1 Å². The van der Waals surface area contributed by atoms with E-state index in [-0.39, 0.29) is 0 Å². The first-order chi connectivity index (χ1) is 14.8. The number of nitro groups is 1. The van der Waals surface area contributed by atoms with Gasteiger partial charge in [-0.05, 0) is 30.2 Å². The van der Waals surface area contributed by atoms with Gasteiger partial charge >= 0.3 is 5.97 Å². The third kappa shape index (κ3) is 3.90. The Morgan fingerprint density at radius 3 is 2.13 bits per heavy atom. The molecule has 1 N–H and O–H groups in total. The Morgan fingerprint density at radius 1 is 1.06 bits per heavy atom. The van der Waals surface area contributed by atoms with Gasteiger partial charge in [0.05, 0.1) is 43.5 Å². The Bertz CT molecular complexity index is 942.